The number of hydrogen-bond acceptors (Lipinski definition) is 10. The van der Waals surface area contributed by atoms with Gasteiger partial charge < -0.3 is 38.9 Å². The van der Waals surface area contributed by atoms with Gasteiger partial charge in [-0.1, -0.05) is 17.3 Å². The Labute approximate surface area is 181 Å². The number of rotatable bonds is 4. The molecule has 0 fully saturated rings. The maximum absolute atomic E-state index is 13.0. The van der Waals surface area contributed by atoms with Crippen LogP contribution in [-0.2, 0) is 9.63 Å². The maximum atomic E-state index is 13.0. The molecule has 2 aliphatic rings. The van der Waals surface area contributed by atoms with Gasteiger partial charge >= 0.3 is 5.63 Å². The molecule has 1 aromatic heterocycles. The van der Waals surface area contributed by atoms with Crippen molar-refractivity contribution < 1.29 is 38.8 Å². The van der Waals surface area contributed by atoms with Crippen molar-refractivity contribution in [2.45, 2.75) is 30.3 Å². The summed E-state index contributed by atoms with van der Waals surface area (Å²) in [7, 11) is 4.20. The zero-order valence-corrected chi connectivity index (χ0v) is 17.5. The predicted molar refractivity (Wildman–Crippen MR) is 112 cm³/mol. The molecular formula is C21H22N2O9. The molecule has 2 heterocycles. The standard InChI is InChI=1S/C21H22N2O9/c1-23(12-8-10-4-6-14(29-2)17(30-3)16(10)31-20(12)27)19(26)11-9-21(28)15(25)7-5-13(24)18(21)32-22-11/h4-8,13,15,18,24-25,28H,9H2,1-3H3/t13-,15+,18-,21+/m1/s1. The molecule has 170 valence electrons. The lowest BCUT2D eigenvalue weighted by Gasteiger charge is -2.43. The molecule has 0 spiro atoms. The SMILES string of the molecule is COc1ccc2cc(N(C)C(=O)C3=NO[C@@H]4[C@H](O)C=C[C@H](O)[C@@]4(O)C3)c(=O)oc2c1OC. The van der Waals surface area contributed by atoms with E-state index in [4.69, 9.17) is 18.7 Å². The number of hydrogen-bond donors (Lipinski definition) is 3. The van der Waals surface area contributed by atoms with E-state index in [1.54, 1.807) is 12.1 Å². The highest BCUT2D eigenvalue weighted by molar-refractivity contribution is 6.43. The first kappa shape index (κ1) is 21.8. The molecule has 1 aliphatic heterocycles. The number of anilines is 1. The van der Waals surface area contributed by atoms with Crippen molar-refractivity contribution in [3.8, 4) is 11.5 Å². The lowest BCUT2D eigenvalue weighted by Crippen LogP contribution is -2.62. The van der Waals surface area contributed by atoms with Crippen molar-refractivity contribution in [1.82, 2.24) is 0 Å². The van der Waals surface area contributed by atoms with Crippen LogP contribution in [0.2, 0.25) is 0 Å². The van der Waals surface area contributed by atoms with Crippen molar-refractivity contribution in [3.05, 3.63) is 40.8 Å². The Morgan fingerprint density at radius 2 is 2.00 bits per heavy atom. The van der Waals surface area contributed by atoms with E-state index < -0.39 is 41.9 Å². The fraction of sp³-hybridized carbons (Fsp3) is 0.381. The van der Waals surface area contributed by atoms with Crippen LogP contribution in [0.5, 0.6) is 11.5 Å². The van der Waals surface area contributed by atoms with Crippen LogP contribution < -0.4 is 20.0 Å². The Morgan fingerprint density at radius 3 is 2.69 bits per heavy atom. The summed E-state index contributed by atoms with van der Waals surface area (Å²) in [6.45, 7) is 0. The third-order valence-corrected chi connectivity index (χ3v) is 5.67. The molecule has 11 nitrogen and oxygen atoms in total. The first-order valence-electron chi connectivity index (χ1n) is 9.67. The van der Waals surface area contributed by atoms with Crippen LogP contribution in [0.3, 0.4) is 0 Å². The van der Waals surface area contributed by atoms with E-state index in [0.717, 1.165) is 4.90 Å². The van der Waals surface area contributed by atoms with Crippen molar-refractivity contribution in [3.63, 3.8) is 0 Å². The Kier molecular flexibility index (Phi) is 5.41. The van der Waals surface area contributed by atoms with Gasteiger partial charge in [-0.15, -0.1) is 0 Å². The van der Waals surface area contributed by atoms with Gasteiger partial charge in [0.25, 0.3) is 5.91 Å². The summed E-state index contributed by atoms with van der Waals surface area (Å²) in [5, 5.41) is 35.3. The largest absolute Gasteiger partial charge is 0.493 e. The molecule has 0 unspecified atom stereocenters. The van der Waals surface area contributed by atoms with E-state index in [1.807, 2.05) is 0 Å². The smallest absolute Gasteiger partial charge is 0.360 e. The number of aliphatic hydroxyl groups excluding tert-OH is 2. The molecule has 0 saturated heterocycles. The van der Waals surface area contributed by atoms with Crippen molar-refractivity contribution >= 4 is 28.3 Å². The van der Waals surface area contributed by atoms with Crippen molar-refractivity contribution in [2.75, 3.05) is 26.2 Å². The number of carbonyl (C=O) groups is 1. The molecule has 2 aromatic rings. The molecule has 0 bridgehead atoms. The quantitative estimate of drug-likeness (QED) is 0.433. The molecule has 4 rings (SSSR count). The lowest BCUT2D eigenvalue weighted by molar-refractivity contribution is -0.191. The topological polar surface area (TPSA) is 151 Å². The van der Waals surface area contributed by atoms with Crippen LogP contribution in [0.1, 0.15) is 6.42 Å². The highest BCUT2D eigenvalue weighted by Gasteiger charge is 2.54. The van der Waals surface area contributed by atoms with Gasteiger partial charge in [-0.3, -0.25) is 4.79 Å². The molecule has 11 heteroatoms. The number of fused-ring (bicyclic) bond motifs is 2. The Morgan fingerprint density at radius 1 is 1.25 bits per heavy atom. The zero-order chi connectivity index (χ0) is 23.2. The summed E-state index contributed by atoms with van der Waals surface area (Å²) >= 11 is 0. The molecule has 3 N–H and O–H groups in total. The average Bonchev–Trinajstić information content (AvgIpc) is 2.79. The second kappa shape index (κ2) is 7.93. The molecular weight excluding hydrogens is 424 g/mol. The van der Waals surface area contributed by atoms with Crippen LogP contribution in [0.25, 0.3) is 11.0 Å². The molecule has 0 radical (unpaired) electrons. The number of oxime groups is 1. The Balaban J connectivity index is 1.68. The first-order valence-corrected chi connectivity index (χ1v) is 9.67. The van der Waals surface area contributed by atoms with Crippen LogP contribution >= 0.6 is 0 Å². The number of nitrogens with zero attached hydrogens (tertiary/aromatic N) is 2. The third-order valence-electron chi connectivity index (χ3n) is 5.67. The number of methoxy groups -OCH3 is 2. The second-order valence-electron chi connectivity index (χ2n) is 7.56. The van der Waals surface area contributed by atoms with Crippen LogP contribution in [-0.4, -0.2) is 72.1 Å². The molecule has 1 aliphatic carbocycles. The Bertz CT molecular complexity index is 1190. The molecule has 1 amide bonds. The third kappa shape index (κ3) is 3.30. The van der Waals surface area contributed by atoms with Crippen LogP contribution in [0.4, 0.5) is 5.69 Å². The van der Waals surface area contributed by atoms with Crippen molar-refractivity contribution in [2.24, 2.45) is 5.16 Å². The van der Waals surface area contributed by atoms with Gasteiger partial charge in [-0.2, -0.15) is 0 Å². The van der Waals surface area contributed by atoms with Crippen molar-refractivity contribution in [1.29, 1.82) is 0 Å². The summed E-state index contributed by atoms with van der Waals surface area (Å²) in [5.74, 6) is -0.141. The number of ether oxygens (including phenoxy) is 2. The minimum absolute atomic E-state index is 0.0874. The van der Waals surface area contributed by atoms with E-state index in [2.05, 4.69) is 5.16 Å². The van der Waals surface area contributed by atoms with Crippen LogP contribution in [0.15, 0.2) is 44.7 Å². The van der Waals surface area contributed by atoms with Gasteiger partial charge in [0.1, 0.15) is 29.2 Å². The minimum atomic E-state index is -1.96. The Hall–Kier alpha value is -3.41. The average molecular weight is 446 g/mol. The molecule has 4 atom stereocenters. The lowest BCUT2D eigenvalue weighted by atomic mass is 9.78. The first-order chi connectivity index (χ1) is 15.2. The summed E-state index contributed by atoms with van der Waals surface area (Å²) in [4.78, 5) is 31.8. The summed E-state index contributed by atoms with van der Waals surface area (Å²) in [6, 6.07) is 4.72. The van der Waals surface area contributed by atoms with E-state index in [0.29, 0.717) is 11.1 Å². The molecule has 0 saturated carbocycles. The summed E-state index contributed by atoms with van der Waals surface area (Å²) < 4.78 is 15.9. The fourth-order valence-electron chi connectivity index (χ4n) is 3.87. The number of carbonyl (C=O) groups excluding carboxylic acids is 1. The molecule has 1 aromatic carbocycles. The number of benzene rings is 1. The number of aliphatic hydroxyl groups is 3. The fourth-order valence-corrected chi connectivity index (χ4v) is 3.87. The van der Waals surface area contributed by atoms with E-state index in [9.17, 15) is 24.9 Å². The van der Waals surface area contributed by atoms with Crippen LogP contribution in [0, 0.1) is 0 Å². The van der Waals surface area contributed by atoms with E-state index in [1.165, 1.54) is 39.5 Å². The van der Waals surface area contributed by atoms with Gasteiger partial charge in [-0.05, 0) is 18.2 Å². The van der Waals surface area contributed by atoms with E-state index >= 15 is 0 Å². The van der Waals surface area contributed by atoms with Gasteiger partial charge in [0.2, 0.25) is 5.75 Å². The summed E-state index contributed by atoms with van der Waals surface area (Å²) in [5.41, 5.74) is -2.94. The predicted octanol–water partition coefficient (Wildman–Crippen LogP) is -0.0594. The number of amides is 1. The molecule has 32 heavy (non-hydrogen) atoms. The second-order valence-corrected chi connectivity index (χ2v) is 7.56. The minimum Gasteiger partial charge on any atom is -0.493 e. The highest BCUT2D eigenvalue weighted by Crippen LogP contribution is 2.36. The highest BCUT2D eigenvalue weighted by atomic mass is 16.7. The normalized spacial score (nSPS) is 26.7. The van der Waals surface area contributed by atoms with E-state index in [-0.39, 0.29) is 22.7 Å². The van der Waals surface area contributed by atoms with Gasteiger partial charge in [-0.25, -0.2) is 4.79 Å². The zero-order valence-electron chi connectivity index (χ0n) is 17.5. The van der Waals surface area contributed by atoms with Gasteiger partial charge in [0.15, 0.2) is 17.4 Å². The van der Waals surface area contributed by atoms with Gasteiger partial charge in [0, 0.05) is 18.9 Å². The summed E-state index contributed by atoms with van der Waals surface area (Å²) in [6.07, 6.45) is -1.72. The van der Waals surface area contributed by atoms with Gasteiger partial charge in [0.05, 0.1) is 14.2 Å². The monoisotopic (exact) mass is 446 g/mol. The maximum Gasteiger partial charge on any atom is 0.360 e.